The van der Waals surface area contributed by atoms with Crippen LogP contribution in [0.25, 0.3) is 0 Å². The van der Waals surface area contributed by atoms with Crippen LogP contribution in [-0.4, -0.2) is 20.2 Å². The molecule has 0 saturated carbocycles. The average molecular weight is 250 g/mol. The third-order valence-electron chi connectivity index (χ3n) is 3.17. The van der Waals surface area contributed by atoms with Gasteiger partial charge in [0, 0.05) is 6.42 Å². The van der Waals surface area contributed by atoms with Gasteiger partial charge in [-0.3, -0.25) is 4.79 Å². The van der Waals surface area contributed by atoms with Crippen LogP contribution in [0, 0.1) is 6.92 Å². The molecule has 0 saturated heterocycles. The SMILES string of the molecule is COC(=O)CCCC(C)c1ccc(C)cc1OC. The maximum atomic E-state index is 11.1. The van der Waals surface area contributed by atoms with Gasteiger partial charge >= 0.3 is 5.97 Å². The topological polar surface area (TPSA) is 35.5 Å². The molecule has 0 aromatic heterocycles. The number of esters is 1. The molecule has 1 rings (SSSR count). The first-order valence-electron chi connectivity index (χ1n) is 6.29. The summed E-state index contributed by atoms with van der Waals surface area (Å²) in [6.07, 6.45) is 2.27. The lowest BCUT2D eigenvalue weighted by molar-refractivity contribution is -0.140. The van der Waals surface area contributed by atoms with Gasteiger partial charge in [0.25, 0.3) is 0 Å². The molecule has 100 valence electrons. The van der Waals surface area contributed by atoms with Crippen LogP contribution in [0.5, 0.6) is 5.75 Å². The summed E-state index contributed by atoms with van der Waals surface area (Å²) >= 11 is 0. The van der Waals surface area contributed by atoms with Crippen LogP contribution in [0.15, 0.2) is 18.2 Å². The number of benzene rings is 1. The molecule has 3 nitrogen and oxygen atoms in total. The lowest BCUT2D eigenvalue weighted by atomic mass is 9.94. The van der Waals surface area contributed by atoms with Crippen LogP contribution in [0.2, 0.25) is 0 Å². The molecule has 0 fully saturated rings. The second-order valence-corrected chi connectivity index (χ2v) is 4.61. The fourth-order valence-corrected chi connectivity index (χ4v) is 2.04. The first-order chi connectivity index (χ1) is 8.58. The van der Waals surface area contributed by atoms with E-state index in [9.17, 15) is 4.79 Å². The highest BCUT2D eigenvalue weighted by atomic mass is 16.5. The molecular formula is C15H22O3. The van der Waals surface area contributed by atoms with Crippen LogP contribution >= 0.6 is 0 Å². The van der Waals surface area contributed by atoms with Crippen LogP contribution in [0.3, 0.4) is 0 Å². The maximum absolute atomic E-state index is 11.1. The number of hydrogen-bond donors (Lipinski definition) is 0. The highest BCUT2D eigenvalue weighted by molar-refractivity contribution is 5.69. The summed E-state index contributed by atoms with van der Waals surface area (Å²) in [5.74, 6) is 1.17. The van der Waals surface area contributed by atoms with Crippen LogP contribution in [0.4, 0.5) is 0 Å². The molecule has 0 bridgehead atoms. The minimum atomic E-state index is -0.141. The van der Waals surface area contributed by atoms with Gasteiger partial charge in [-0.05, 0) is 42.9 Å². The van der Waals surface area contributed by atoms with Crippen LogP contribution < -0.4 is 4.74 Å². The number of carbonyl (C=O) groups is 1. The van der Waals surface area contributed by atoms with Crippen molar-refractivity contribution in [2.75, 3.05) is 14.2 Å². The highest BCUT2D eigenvalue weighted by Crippen LogP contribution is 2.30. The molecule has 0 aliphatic rings. The molecular weight excluding hydrogens is 228 g/mol. The number of methoxy groups -OCH3 is 2. The van der Waals surface area contributed by atoms with Crippen molar-refractivity contribution in [3.05, 3.63) is 29.3 Å². The second-order valence-electron chi connectivity index (χ2n) is 4.61. The molecule has 0 aliphatic heterocycles. The quantitative estimate of drug-likeness (QED) is 0.725. The van der Waals surface area contributed by atoms with Gasteiger partial charge in [-0.15, -0.1) is 0 Å². The summed E-state index contributed by atoms with van der Waals surface area (Å²) in [4.78, 5) is 11.1. The Morgan fingerprint density at radius 1 is 1.33 bits per heavy atom. The van der Waals surface area contributed by atoms with E-state index < -0.39 is 0 Å². The highest BCUT2D eigenvalue weighted by Gasteiger charge is 2.12. The Kier molecular flexibility index (Phi) is 5.69. The van der Waals surface area contributed by atoms with Gasteiger partial charge in [-0.25, -0.2) is 0 Å². The number of hydrogen-bond acceptors (Lipinski definition) is 3. The Balaban J connectivity index is 2.60. The molecule has 0 heterocycles. The first-order valence-corrected chi connectivity index (χ1v) is 6.29. The van der Waals surface area contributed by atoms with E-state index in [4.69, 9.17) is 4.74 Å². The minimum absolute atomic E-state index is 0.141. The van der Waals surface area contributed by atoms with Crippen molar-refractivity contribution in [3.8, 4) is 5.75 Å². The van der Waals surface area contributed by atoms with E-state index in [0.717, 1.165) is 18.6 Å². The van der Waals surface area contributed by atoms with Crippen molar-refractivity contribution >= 4 is 5.97 Å². The van der Waals surface area contributed by atoms with E-state index >= 15 is 0 Å². The zero-order valence-electron chi connectivity index (χ0n) is 11.7. The molecule has 18 heavy (non-hydrogen) atoms. The van der Waals surface area contributed by atoms with E-state index in [2.05, 4.69) is 23.8 Å². The van der Waals surface area contributed by atoms with Gasteiger partial charge in [0.15, 0.2) is 0 Å². The van der Waals surface area contributed by atoms with Crippen LogP contribution in [0.1, 0.15) is 43.2 Å². The molecule has 1 aromatic rings. The third kappa shape index (κ3) is 4.06. The van der Waals surface area contributed by atoms with Gasteiger partial charge in [0.2, 0.25) is 0 Å². The predicted octanol–water partition coefficient (Wildman–Crippen LogP) is 3.45. The fourth-order valence-electron chi connectivity index (χ4n) is 2.04. The van der Waals surface area contributed by atoms with Gasteiger partial charge < -0.3 is 9.47 Å². The molecule has 0 amide bonds. The fraction of sp³-hybridized carbons (Fsp3) is 0.533. The summed E-state index contributed by atoms with van der Waals surface area (Å²) in [6.45, 7) is 4.21. The van der Waals surface area contributed by atoms with Crippen molar-refractivity contribution in [2.24, 2.45) is 0 Å². The number of carbonyl (C=O) groups excluding carboxylic acids is 1. The summed E-state index contributed by atoms with van der Waals surface area (Å²) in [6, 6.07) is 6.25. The Morgan fingerprint density at radius 3 is 2.67 bits per heavy atom. The van der Waals surface area contributed by atoms with E-state index in [0.29, 0.717) is 12.3 Å². The average Bonchev–Trinajstić information content (AvgIpc) is 2.37. The van der Waals surface area contributed by atoms with E-state index in [1.165, 1.54) is 18.2 Å². The lowest BCUT2D eigenvalue weighted by Crippen LogP contribution is -2.02. The Bertz CT molecular complexity index is 399. The van der Waals surface area contributed by atoms with Crippen molar-refractivity contribution in [2.45, 2.75) is 39.0 Å². The van der Waals surface area contributed by atoms with Crippen molar-refractivity contribution < 1.29 is 14.3 Å². The predicted molar refractivity (Wildman–Crippen MR) is 72.0 cm³/mol. The van der Waals surface area contributed by atoms with Crippen molar-refractivity contribution in [1.29, 1.82) is 0 Å². The zero-order chi connectivity index (χ0) is 13.5. The number of rotatable bonds is 6. The Hall–Kier alpha value is -1.51. The van der Waals surface area contributed by atoms with Gasteiger partial charge in [0.1, 0.15) is 5.75 Å². The first kappa shape index (κ1) is 14.6. The Labute approximate surface area is 109 Å². The number of aryl methyl sites for hydroxylation is 1. The van der Waals surface area contributed by atoms with Gasteiger partial charge in [0.05, 0.1) is 14.2 Å². The molecule has 1 unspecified atom stereocenters. The normalized spacial score (nSPS) is 12.0. The van der Waals surface area contributed by atoms with Gasteiger partial charge in [-0.2, -0.15) is 0 Å². The molecule has 0 aliphatic carbocycles. The molecule has 0 spiro atoms. The largest absolute Gasteiger partial charge is 0.496 e. The molecule has 1 aromatic carbocycles. The third-order valence-corrected chi connectivity index (χ3v) is 3.17. The number of ether oxygens (including phenoxy) is 2. The lowest BCUT2D eigenvalue weighted by Gasteiger charge is -2.16. The van der Waals surface area contributed by atoms with Crippen molar-refractivity contribution in [3.63, 3.8) is 0 Å². The smallest absolute Gasteiger partial charge is 0.305 e. The van der Waals surface area contributed by atoms with Crippen molar-refractivity contribution in [1.82, 2.24) is 0 Å². The monoisotopic (exact) mass is 250 g/mol. The summed E-state index contributed by atoms with van der Waals surface area (Å²) in [5.41, 5.74) is 2.39. The van der Waals surface area contributed by atoms with Gasteiger partial charge in [-0.1, -0.05) is 19.1 Å². The molecule has 3 heteroatoms. The summed E-state index contributed by atoms with van der Waals surface area (Å²) in [5, 5.41) is 0. The minimum Gasteiger partial charge on any atom is -0.496 e. The van der Waals surface area contributed by atoms with E-state index in [1.807, 2.05) is 13.0 Å². The Morgan fingerprint density at radius 2 is 2.06 bits per heavy atom. The summed E-state index contributed by atoms with van der Waals surface area (Å²) in [7, 11) is 3.12. The maximum Gasteiger partial charge on any atom is 0.305 e. The van der Waals surface area contributed by atoms with Crippen LogP contribution in [-0.2, 0) is 9.53 Å². The second kappa shape index (κ2) is 7.04. The zero-order valence-corrected chi connectivity index (χ0v) is 11.7. The molecule has 0 N–H and O–H groups in total. The van der Waals surface area contributed by atoms with E-state index in [-0.39, 0.29) is 5.97 Å². The summed E-state index contributed by atoms with van der Waals surface area (Å²) < 4.78 is 10.0. The molecule has 1 atom stereocenters. The van der Waals surface area contributed by atoms with E-state index in [1.54, 1.807) is 7.11 Å². The standard InChI is InChI=1S/C15H22O3/c1-11-8-9-13(14(10-11)17-3)12(2)6-5-7-15(16)18-4/h8-10,12H,5-7H2,1-4H3. The molecule has 0 radical (unpaired) electrons.